The van der Waals surface area contributed by atoms with E-state index in [-0.39, 0.29) is 24.1 Å². The van der Waals surface area contributed by atoms with Crippen LogP contribution in [0.25, 0.3) is 0 Å². The third kappa shape index (κ3) is 5.54. The van der Waals surface area contributed by atoms with Crippen LogP contribution in [-0.2, 0) is 16.1 Å². The van der Waals surface area contributed by atoms with Crippen molar-refractivity contribution in [3.8, 4) is 0 Å². The molecule has 0 bridgehead atoms. The van der Waals surface area contributed by atoms with Crippen LogP contribution in [0, 0.1) is 0 Å². The molecular weight excluding hydrogens is 344 g/mol. The summed E-state index contributed by atoms with van der Waals surface area (Å²) in [6.07, 6.45) is -0.159. The number of anilines is 2. The molecule has 3 rings (SSSR count). The van der Waals surface area contributed by atoms with Gasteiger partial charge in [-0.05, 0) is 36.8 Å². The van der Waals surface area contributed by atoms with E-state index in [4.69, 9.17) is 4.74 Å². The predicted octanol–water partition coefficient (Wildman–Crippen LogP) is 2.32. The summed E-state index contributed by atoms with van der Waals surface area (Å²) in [7, 11) is 0. The van der Waals surface area contributed by atoms with E-state index >= 15 is 0 Å². The largest absolute Gasteiger partial charge is 0.375 e. The van der Waals surface area contributed by atoms with Crippen LogP contribution < -0.4 is 21.3 Å². The summed E-state index contributed by atoms with van der Waals surface area (Å²) in [5.41, 5.74) is 2.27. The first-order valence-corrected chi connectivity index (χ1v) is 8.96. The Morgan fingerprint density at radius 2 is 1.81 bits per heavy atom. The van der Waals surface area contributed by atoms with Crippen molar-refractivity contribution in [2.24, 2.45) is 0 Å². The second kappa shape index (κ2) is 9.16. The predicted molar refractivity (Wildman–Crippen MR) is 105 cm³/mol. The fourth-order valence-corrected chi connectivity index (χ4v) is 2.90. The standard InChI is InChI=1S/C20H24N4O3/c1-14-18(21-10-11-27-14)19(25)22-13-15-6-5-9-17(12-15)24-20(26)23-16-7-3-2-4-8-16/h2-9,12,14,18,21H,10-11,13H2,1H3,(H,22,25)(H2,23,24,26)/t14-,18+/m1/s1. The first-order valence-electron chi connectivity index (χ1n) is 8.96. The Labute approximate surface area is 158 Å². The first-order chi connectivity index (χ1) is 13.1. The van der Waals surface area contributed by atoms with Crippen molar-refractivity contribution in [3.05, 3.63) is 60.2 Å². The van der Waals surface area contributed by atoms with Gasteiger partial charge in [-0.15, -0.1) is 0 Å². The number of ether oxygens (including phenoxy) is 1. The molecule has 1 saturated heterocycles. The molecule has 2 aromatic carbocycles. The Balaban J connectivity index is 1.52. The fourth-order valence-electron chi connectivity index (χ4n) is 2.90. The lowest BCUT2D eigenvalue weighted by molar-refractivity contribution is -0.129. The topological polar surface area (TPSA) is 91.5 Å². The van der Waals surface area contributed by atoms with Gasteiger partial charge >= 0.3 is 6.03 Å². The highest BCUT2D eigenvalue weighted by atomic mass is 16.5. The number of carbonyl (C=O) groups is 2. The molecule has 0 radical (unpaired) electrons. The quantitative estimate of drug-likeness (QED) is 0.652. The van der Waals surface area contributed by atoms with E-state index in [1.165, 1.54) is 0 Å². The maximum Gasteiger partial charge on any atom is 0.323 e. The van der Waals surface area contributed by atoms with Crippen molar-refractivity contribution in [3.63, 3.8) is 0 Å². The molecule has 142 valence electrons. The van der Waals surface area contributed by atoms with Crippen LogP contribution >= 0.6 is 0 Å². The molecule has 0 unspecified atom stereocenters. The van der Waals surface area contributed by atoms with Gasteiger partial charge in [-0.1, -0.05) is 30.3 Å². The number of benzene rings is 2. The Morgan fingerprint density at radius 3 is 2.59 bits per heavy atom. The van der Waals surface area contributed by atoms with Crippen LogP contribution in [0.1, 0.15) is 12.5 Å². The summed E-state index contributed by atoms with van der Waals surface area (Å²) in [6.45, 7) is 3.54. The lowest BCUT2D eigenvalue weighted by Gasteiger charge is -2.29. The van der Waals surface area contributed by atoms with Crippen molar-refractivity contribution in [2.75, 3.05) is 23.8 Å². The van der Waals surface area contributed by atoms with Crippen LogP contribution in [0.2, 0.25) is 0 Å². The van der Waals surface area contributed by atoms with Gasteiger partial charge in [-0.3, -0.25) is 4.79 Å². The second-order valence-corrected chi connectivity index (χ2v) is 6.37. The van der Waals surface area contributed by atoms with Crippen LogP contribution in [0.15, 0.2) is 54.6 Å². The Bertz CT molecular complexity index is 782. The van der Waals surface area contributed by atoms with Gasteiger partial charge in [-0.2, -0.15) is 0 Å². The second-order valence-electron chi connectivity index (χ2n) is 6.37. The molecule has 2 aromatic rings. The van der Waals surface area contributed by atoms with Gasteiger partial charge in [0, 0.05) is 24.5 Å². The van der Waals surface area contributed by atoms with Gasteiger partial charge in [0.05, 0.1) is 12.7 Å². The maximum atomic E-state index is 12.3. The zero-order valence-electron chi connectivity index (χ0n) is 15.2. The lowest BCUT2D eigenvalue weighted by Crippen LogP contribution is -2.55. The van der Waals surface area contributed by atoms with E-state index in [0.29, 0.717) is 25.4 Å². The van der Waals surface area contributed by atoms with E-state index in [1.807, 2.05) is 55.5 Å². The number of hydrogen-bond donors (Lipinski definition) is 4. The molecule has 1 heterocycles. The Hall–Kier alpha value is -2.90. The van der Waals surface area contributed by atoms with E-state index in [9.17, 15) is 9.59 Å². The van der Waals surface area contributed by atoms with Gasteiger partial charge in [0.1, 0.15) is 6.04 Å². The number of rotatable bonds is 5. The molecular formula is C20H24N4O3. The van der Waals surface area contributed by atoms with Crippen LogP contribution in [-0.4, -0.2) is 37.2 Å². The Kier molecular flexibility index (Phi) is 6.40. The minimum atomic E-state index is -0.350. The van der Waals surface area contributed by atoms with Crippen LogP contribution in [0.5, 0.6) is 0 Å². The van der Waals surface area contributed by atoms with Crippen molar-refractivity contribution >= 4 is 23.3 Å². The molecule has 3 amide bonds. The van der Waals surface area contributed by atoms with E-state index in [1.54, 1.807) is 6.07 Å². The molecule has 0 aliphatic carbocycles. The summed E-state index contributed by atoms with van der Waals surface area (Å²) in [5, 5.41) is 11.6. The zero-order chi connectivity index (χ0) is 19.1. The third-order valence-corrected chi connectivity index (χ3v) is 4.28. The summed E-state index contributed by atoms with van der Waals surface area (Å²) in [5.74, 6) is -0.0950. The molecule has 7 heteroatoms. The van der Waals surface area contributed by atoms with Crippen molar-refractivity contribution in [1.82, 2.24) is 10.6 Å². The van der Waals surface area contributed by atoms with E-state index in [2.05, 4.69) is 21.3 Å². The van der Waals surface area contributed by atoms with Gasteiger partial charge in [-0.25, -0.2) is 4.79 Å². The molecule has 7 nitrogen and oxygen atoms in total. The summed E-state index contributed by atoms with van der Waals surface area (Å²) >= 11 is 0. The molecule has 0 aromatic heterocycles. The highest BCUT2D eigenvalue weighted by molar-refractivity contribution is 5.99. The third-order valence-electron chi connectivity index (χ3n) is 4.28. The van der Waals surface area contributed by atoms with E-state index < -0.39 is 0 Å². The molecule has 1 aliphatic rings. The molecule has 4 N–H and O–H groups in total. The van der Waals surface area contributed by atoms with E-state index in [0.717, 1.165) is 11.3 Å². The van der Waals surface area contributed by atoms with Gasteiger partial charge in [0.15, 0.2) is 0 Å². The normalized spacial score (nSPS) is 19.1. The zero-order valence-corrected chi connectivity index (χ0v) is 15.2. The van der Waals surface area contributed by atoms with Gasteiger partial charge in [0.2, 0.25) is 5.91 Å². The molecule has 2 atom stereocenters. The number of hydrogen-bond acceptors (Lipinski definition) is 4. The van der Waals surface area contributed by atoms with Gasteiger partial charge < -0.3 is 26.0 Å². The smallest absolute Gasteiger partial charge is 0.323 e. The number of nitrogens with one attached hydrogen (secondary N) is 4. The number of carbonyl (C=O) groups excluding carboxylic acids is 2. The SMILES string of the molecule is C[C@H]1OCCN[C@@H]1C(=O)NCc1cccc(NC(=O)Nc2ccccc2)c1. The summed E-state index contributed by atoms with van der Waals surface area (Å²) in [6, 6.07) is 15.9. The minimum Gasteiger partial charge on any atom is -0.375 e. The highest BCUT2D eigenvalue weighted by Crippen LogP contribution is 2.12. The summed E-state index contributed by atoms with van der Waals surface area (Å²) in [4.78, 5) is 24.4. The average molecular weight is 368 g/mol. The minimum absolute atomic E-state index is 0.0950. The molecule has 27 heavy (non-hydrogen) atoms. The maximum absolute atomic E-state index is 12.3. The number of para-hydroxylation sites is 1. The van der Waals surface area contributed by atoms with Gasteiger partial charge in [0.25, 0.3) is 0 Å². The molecule has 0 spiro atoms. The summed E-state index contributed by atoms with van der Waals surface area (Å²) < 4.78 is 5.50. The highest BCUT2D eigenvalue weighted by Gasteiger charge is 2.27. The van der Waals surface area contributed by atoms with Crippen molar-refractivity contribution in [2.45, 2.75) is 25.6 Å². The first kappa shape index (κ1) is 18.9. The van der Waals surface area contributed by atoms with Crippen molar-refractivity contribution in [1.29, 1.82) is 0 Å². The van der Waals surface area contributed by atoms with Crippen LogP contribution in [0.3, 0.4) is 0 Å². The Morgan fingerprint density at radius 1 is 1.07 bits per heavy atom. The average Bonchev–Trinajstić information content (AvgIpc) is 2.67. The number of urea groups is 1. The van der Waals surface area contributed by atoms with Crippen LogP contribution in [0.4, 0.5) is 16.2 Å². The van der Waals surface area contributed by atoms with Crippen molar-refractivity contribution < 1.29 is 14.3 Å². The monoisotopic (exact) mass is 368 g/mol. The molecule has 0 saturated carbocycles. The lowest BCUT2D eigenvalue weighted by atomic mass is 10.1. The number of morpholine rings is 1. The number of amides is 3. The molecule has 1 aliphatic heterocycles. The molecule has 1 fully saturated rings. The fraction of sp³-hybridized carbons (Fsp3) is 0.300.